The van der Waals surface area contributed by atoms with Gasteiger partial charge in [-0.15, -0.1) is 0 Å². The molecular formula is C20H16N4O3. The summed E-state index contributed by atoms with van der Waals surface area (Å²) < 4.78 is 5.52. The van der Waals surface area contributed by atoms with Crippen LogP contribution in [0.2, 0.25) is 0 Å². The van der Waals surface area contributed by atoms with Crippen LogP contribution < -0.4 is 10.1 Å². The molecular weight excluding hydrogens is 344 g/mol. The van der Waals surface area contributed by atoms with Crippen molar-refractivity contribution >= 4 is 17.3 Å². The van der Waals surface area contributed by atoms with Crippen LogP contribution in [0.3, 0.4) is 0 Å². The maximum Gasteiger partial charge on any atom is 0.321 e. The van der Waals surface area contributed by atoms with E-state index in [4.69, 9.17) is 9.57 Å². The summed E-state index contributed by atoms with van der Waals surface area (Å²) in [5.74, 6) is 0.329. The number of amides is 1. The summed E-state index contributed by atoms with van der Waals surface area (Å²) >= 11 is 0. The molecule has 27 heavy (non-hydrogen) atoms. The maximum atomic E-state index is 12.4. The zero-order valence-electron chi connectivity index (χ0n) is 14.3. The first kappa shape index (κ1) is 16.7. The second kappa shape index (κ2) is 7.65. The molecule has 0 aliphatic carbocycles. The molecule has 2 heterocycles. The first-order chi connectivity index (χ1) is 13.3. The summed E-state index contributed by atoms with van der Waals surface area (Å²) in [6.45, 7) is 0. The van der Waals surface area contributed by atoms with E-state index >= 15 is 0 Å². The summed E-state index contributed by atoms with van der Waals surface area (Å²) in [7, 11) is 0. The van der Waals surface area contributed by atoms with Crippen molar-refractivity contribution in [2.24, 2.45) is 5.16 Å². The van der Waals surface area contributed by atoms with E-state index in [0.29, 0.717) is 17.9 Å². The molecule has 0 saturated carbocycles. The number of carbonyl (C=O) groups is 1. The van der Waals surface area contributed by atoms with E-state index in [1.54, 1.807) is 42.7 Å². The van der Waals surface area contributed by atoms with Gasteiger partial charge in [0.25, 0.3) is 5.91 Å². The van der Waals surface area contributed by atoms with Crippen molar-refractivity contribution in [2.45, 2.75) is 12.5 Å². The molecule has 1 aliphatic rings. The van der Waals surface area contributed by atoms with Crippen LogP contribution in [-0.2, 0) is 9.63 Å². The molecule has 0 bridgehead atoms. The number of nitrogens with zero attached hydrogens (tertiary/aromatic N) is 3. The van der Waals surface area contributed by atoms with E-state index in [-0.39, 0.29) is 11.9 Å². The van der Waals surface area contributed by atoms with E-state index in [1.807, 2.05) is 30.3 Å². The Morgan fingerprint density at radius 1 is 1.00 bits per heavy atom. The van der Waals surface area contributed by atoms with Gasteiger partial charge in [0.1, 0.15) is 5.75 Å². The smallest absolute Gasteiger partial charge is 0.321 e. The Balaban J connectivity index is 1.34. The van der Waals surface area contributed by atoms with Gasteiger partial charge < -0.3 is 14.9 Å². The van der Waals surface area contributed by atoms with Gasteiger partial charge in [-0.1, -0.05) is 35.5 Å². The molecule has 7 heteroatoms. The van der Waals surface area contributed by atoms with Crippen molar-refractivity contribution < 1.29 is 14.4 Å². The fraction of sp³-hybridized carbons (Fsp3) is 0.100. The van der Waals surface area contributed by atoms with Crippen LogP contribution in [0.25, 0.3) is 0 Å². The number of oxime groups is 1. The van der Waals surface area contributed by atoms with Gasteiger partial charge in [0.05, 0.1) is 5.71 Å². The third-order valence-electron chi connectivity index (χ3n) is 3.94. The predicted molar refractivity (Wildman–Crippen MR) is 99.6 cm³/mol. The van der Waals surface area contributed by atoms with Gasteiger partial charge in [-0.3, -0.25) is 4.79 Å². The Kier molecular flexibility index (Phi) is 4.74. The number of aromatic nitrogens is 2. The first-order valence-electron chi connectivity index (χ1n) is 8.42. The first-order valence-corrected chi connectivity index (χ1v) is 8.42. The van der Waals surface area contributed by atoms with Gasteiger partial charge in [0, 0.05) is 24.5 Å². The molecule has 1 aliphatic heterocycles. The summed E-state index contributed by atoms with van der Waals surface area (Å²) in [6, 6.07) is 18.6. The highest BCUT2D eigenvalue weighted by Crippen LogP contribution is 2.22. The quantitative estimate of drug-likeness (QED) is 0.754. The van der Waals surface area contributed by atoms with Gasteiger partial charge in [-0.05, 0) is 35.9 Å². The van der Waals surface area contributed by atoms with E-state index in [1.165, 1.54) is 0 Å². The van der Waals surface area contributed by atoms with Crippen LogP contribution in [0.5, 0.6) is 11.8 Å². The Hall–Kier alpha value is -3.74. The third-order valence-corrected chi connectivity index (χ3v) is 3.94. The number of carbonyl (C=O) groups excluding carboxylic acids is 1. The van der Waals surface area contributed by atoms with Crippen molar-refractivity contribution in [1.82, 2.24) is 9.97 Å². The molecule has 4 rings (SSSR count). The summed E-state index contributed by atoms with van der Waals surface area (Å²) in [5.41, 5.74) is 2.36. The molecule has 3 aromatic rings. The highest BCUT2D eigenvalue weighted by atomic mass is 16.6. The zero-order chi connectivity index (χ0) is 18.5. The van der Waals surface area contributed by atoms with Gasteiger partial charge >= 0.3 is 6.01 Å². The van der Waals surface area contributed by atoms with E-state index in [2.05, 4.69) is 20.4 Å². The number of rotatable bonds is 5. The second-order valence-electron chi connectivity index (χ2n) is 5.85. The Morgan fingerprint density at radius 3 is 2.48 bits per heavy atom. The summed E-state index contributed by atoms with van der Waals surface area (Å²) in [6.07, 6.45) is 2.99. The Labute approximate surface area is 155 Å². The van der Waals surface area contributed by atoms with Gasteiger partial charge in [-0.2, -0.15) is 0 Å². The fourth-order valence-corrected chi connectivity index (χ4v) is 2.59. The van der Waals surface area contributed by atoms with Crippen molar-refractivity contribution in [3.8, 4) is 11.8 Å². The molecule has 7 nitrogen and oxygen atoms in total. The SMILES string of the molecule is O=C(Nc1ccc(Oc2ncccn2)cc1)C1CC(c2ccccc2)=NO1. The topological polar surface area (TPSA) is 85.7 Å². The minimum atomic E-state index is -0.645. The molecule has 1 amide bonds. The number of hydrogen-bond acceptors (Lipinski definition) is 6. The maximum absolute atomic E-state index is 12.4. The van der Waals surface area contributed by atoms with Crippen LogP contribution in [0.1, 0.15) is 12.0 Å². The van der Waals surface area contributed by atoms with Crippen LogP contribution in [0.4, 0.5) is 5.69 Å². The van der Waals surface area contributed by atoms with E-state index in [0.717, 1.165) is 11.3 Å². The molecule has 2 aromatic carbocycles. The summed E-state index contributed by atoms with van der Waals surface area (Å²) in [4.78, 5) is 25.7. The lowest BCUT2D eigenvalue weighted by atomic mass is 10.0. The van der Waals surface area contributed by atoms with Crippen LogP contribution in [0.15, 0.2) is 78.2 Å². The Morgan fingerprint density at radius 2 is 1.74 bits per heavy atom. The number of hydrogen-bond donors (Lipinski definition) is 1. The molecule has 0 fully saturated rings. The fourth-order valence-electron chi connectivity index (χ4n) is 2.59. The van der Waals surface area contributed by atoms with Crippen LogP contribution in [0, 0.1) is 0 Å². The average Bonchev–Trinajstić information content (AvgIpc) is 3.21. The van der Waals surface area contributed by atoms with Crippen LogP contribution in [-0.4, -0.2) is 27.7 Å². The largest absolute Gasteiger partial charge is 0.424 e. The molecule has 0 spiro atoms. The number of anilines is 1. The average molecular weight is 360 g/mol. The number of ether oxygens (including phenoxy) is 1. The van der Waals surface area contributed by atoms with Crippen molar-refractivity contribution in [3.05, 3.63) is 78.6 Å². The van der Waals surface area contributed by atoms with Crippen molar-refractivity contribution in [3.63, 3.8) is 0 Å². The number of benzene rings is 2. The molecule has 1 atom stereocenters. The van der Waals surface area contributed by atoms with E-state index in [9.17, 15) is 4.79 Å². The lowest BCUT2D eigenvalue weighted by molar-refractivity contribution is -0.125. The molecule has 1 N–H and O–H groups in total. The highest BCUT2D eigenvalue weighted by molar-refractivity contribution is 6.06. The summed E-state index contributed by atoms with van der Waals surface area (Å²) in [5, 5.41) is 6.86. The Bertz CT molecular complexity index is 944. The monoisotopic (exact) mass is 360 g/mol. The van der Waals surface area contributed by atoms with Gasteiger partial charge in [0.15, 0.2) is 0 Å². The molecule has 134 valence electrons. The number of nitrogens with one attached hydrogen (secondary N) is 1. The molecule has 0 radical (unpaired) electrons. The minimum Gasteiger partial charge on any atom is -0.424 e. The van der Waals surface area contributed by atoms with Gasteiger partial charge in [-0.25, -0.2) is 9.97 Å². The highest BCUT2D eigenvalue weighted by Gasteiger charge is 2.28. The lowest BCUT2D eigenvalue weighted by Crippen LogP contribution is -2.28. The predicted octanol–water partition coefficient (Wildman–Crippen LogP) is 3.40. The van der Waals surface area contributed by atoms with Crippen molar-refractivity contribution in [2.75, 3.05) is 5.32 Å². The van der Waals surface area contributed by atoms with Crippen molar-refractivity contribution in [1.29, 1.82) is 0 Å². The normalized spacial score (nSPS) is 15.6. The second-order valence-corrected chi connectivity index (χ2v) is 5.85. The minimum absolute atomic E-state index is 0.246. The van der Waals surface area contributed by atoms with Gasteiger partial charge in [0.2, 0.25) is 6.10 Å². The molecule has 0 saturated heterocycles. The van der Waals surface area contributed by atoms with Crippen LogP contribution >= 0.6 is 0 Å². The molecule has 1 aromatic heterocycles. The third kappa shape index (κ3) is 4.09. The standard InChI is InChI=1S/C20H16N4O3/c25-19(18-13-17(24-27-18)14-5-2-1-3-6-14)23-15-7-9-16(10-8-15)26-20-21-11-4-12-22-20/h1-12,18H,13H2,(H,23,25). The molecule has 1 unspecified atom stereocenters. The lowest BCUT2D eigenvalue weighted by Gasteiger charge is -2.10. The zero-order valence-corrected chi connectivity index (χ0v) is 14.3. The van der Waals surface area contributed by atoms with E-state index < -0.39 is 6.10 Å².